The molecule has 0 aliphatic heterocycles. The van der Waals surface area contributed by atoms with Crippen molar-refractivity contribution in [2.24, 2.45) is 4.99 Å². The first-order valence-electron chi connectivity index (χ1n) is 9.64. The maximum atomic E-state index is 11.8. The van der Waals surface area contributed by atoms with Gasteiger partial charge in [0.25, 0.3) is 0 Å². The lowest BCUT2D eigenvalue weighted by Gasteiger charge is -2.13. The van der Waals surface area contributed by atoms with Crippen LogP contribution in [-0.2, 0) is 29.5 Å². The number of nitrogens with one attached hydrogen (secondary N) is 2. The number of benzene rings is 2. The van der Waals surface area contributed by atoms with Crippen molar-refractivity contribution in [3.63, 3.8) is 0 Å². The van der Waals surface area contributed by atoms with Gasteiger partial charge in [-0.25, -0.2) is 8.42 Å². The van der Waals surface area contributed by atoms with Gasteiger partial charge >= 0.3 is 0 Å². The summed E-state index contributed by atoms with van der Waals surface area (Å²) in [6, 6.07) is 15.6. The summed E-state index contributed by atoms with van der Waals surface area (Å²) in [4.78, 5) is 4.63. The summed E-state index contributed by atoms with van der Waals surface area (Å²) in [5, 5.41) is 10.8. The molecule has 0 radical (unpaired) electrons. The Morgan fingerprint density at radius 1 is 1.03 bits per heavy atom. The molecule has 3 rings (SSSR count). The molecule has 2 N–H and O–H groups in total. The zero-order chi connectivity index (χ0) is 21.6. The van der Waals surface area contributed by atoms with Crippen molar-refractivity contribution in [2.45, 2.75) is 31.5 Å². The van der Waals surface area contributed by atoms with Crippen LogP contribution in [0.2, 0.25) is 0 Å². The summed E-state index contributed by atoms with van der Waals surface area (Å²) >= 11 is 0. The van der Waals surface area contributed by atoms with Gasteiger partial charge in [-0.3, -0.25) is 9.67 Å². The maximum Gasteiger partial charge on any atom is 0.191 e. The molecular weight excluding hydrogens is 398 g/mol. The zero-order valence-corrected chi connectivity index (χ0v) is 18.3. The lowest BCUT2D eigenvalue weighted by atomic mass is 10.1. The minimum absolute atomic E-state index is 0.365. The third kappa shape index (κ3) is 5.93. The van der Waals surface area contributed by atoms with Crippen LogP contribution in [0.1, 0.15) is 22.3 Å². The van der Waals surface area contributed by atoms with Crippen molar-refractivity contribution >= 4 is 15.8 Å². The van der Waals surface area contributed by atoms with Gasteiger partial charge in [0.1, 0.15) is 0 Å². The summed E-state index contributed by atoms with van der Waals surface area (Å²) in [6.45, 7) is 3.72. The van der Waals surface area contributed by atoms with Crippen LogP contribution in [0.15, 0.2) is 70.8 Å². The van der Waals surface area contributed by atoms with Gasteiger partial charge in [0, 0.05) is 38.8 Å². The Morgan fingerprint density at radius 3 is 2.33 bits per heavy atom. The van der Waals surface area contributed by atoms with Crippen LogP contribution in [0.4, 0.5) is 0 Å². The first-order chi connectivity index (χ1) is 14.3. The van der Waals surface area contributed by atoms with Crippen LogP contribution in [0.25, 0.3) is 0 Å². The molecule has 0 spiro atoms. The van der Waals surface area contributed by atoms with E-state index in [2.05, 4.69) is 38.9 Å². The number of guanidine groups is 1. The fraction of sp³-hybridized carbons (Fsp3) is 0.273. The topological polar surface area (TPSA) is 88.4 Å². The molecule has 0 atom stereocenters. The Bertz CT molecular complexity index is 1120. The SMILES string of the molecule is CN=C(NCc1cccc(Cn2cccn2)c1)NCc1ccc(S(C)(=O)=O)c(C)c1. The third-order valence-electron chi connectivity index (χ3n) is 4.68. The molecule has 0 fully saturated rings. The van der Waals surface area contributed by atoms with Crippen molar-refractivity contribution < 1.29 is 8.42 Å². The van der Waals surface area contributed by atoms with E-state index in [0.717, 1.165) is 23.2 Å². The van der Waals surface area contributed by atoms with Crippen molar-refractivity contribution in [2.75, 3.05) is 13.3 Å². The molecular formula is C22H27N5O2S. The first-order valence-corrected chi connectivity index (χ1v) is 11.5. The second-order valence-corrected chi connectivity index (χ2v) is 9.16. The van der Waals surface area contributed by atoms with Crippen LogP contribution < -0.4 is 10.6 Å². The van der Waals surface area contributed by atoms with Crippen molar-refractivity contribution in [3.8, 4) is 0 Å². The summed E-state index contributed by atoms with van der Waals surface area (Å²) in [7, 11) is -1.48. The number of nitrogens with zero attached hydrogens (tertiary/aromatic N) is 3. The van der Waals surface area contributed by atoms with Gasteiger partial charge in [-0.05, 0) is 41.3 Å². The average Bonchev–Trinajstić information content (AvgIpc) is 3.20. The first kappa shape index (κ1) is 21.6. The lowest BCUT2D eigenvalue weighted by molar-refractivity contribution is 0.601. The highest BCUT2D eigenvalue weighted by Crippen LogP contribution is 2.16. The fourth-order valence-corrected chi connectivity index (χ4v) is 4.21. The molecule has 1 aromatic heterocycles. The maximum absolute atomic E-state index is 11.8. The van der Waals surface area contributed by atoms with E-state index in [9.17, 15) is 8.42 Å². The molecule has 0 amide bonds. The highest BCUT2D eigenvalue weighted by atomic mass is 32.2. The number of aliphatic imine (C=N–C) groups is 1. The van der Waals surface area contributed by atoms with Gasteiger partial charge in [0.05, 0.1) is 11.4 Å². The quantitative estimate of drug-likeness (QED) is 0.449. The van der Waals surface area contributed by atoms with E-state index >= 15 is 0 Å². The molecule has 2 aromatic carbocycles. The molecule has 0 unspecified atom stereocenters. The number of hydrogen-bond acceptors (Lipinski definition) is 4. The van der Waals surface area contributed by atoms with Crippen molar-refractivity contribution in [3.05, 3.63) is 83.2 Å². The minimum Gasteiger partial charge on any atom is -0.352 e. The molecule has 0 aliphatic carbocycles. The average molecular weight is 426 g/mol. The van der Waals surface area contributed by atoms with Gasteiger partial charge in [0.15, 0.2) is 15.8 Å². The highest BCUT2D eigenvalue weighted by Gasteiger charge is 2.11. The van der Waals surface area contributed by atoms with Crippen molar-refractivity contribution in [1.29, 1.82) is 0 Å². The summed E-state index contributed by atoms with van der Waals surface area (Å²) in [6.07, 6.45) is 4.95. The summed E-state index contributed by atoms with van der Waals surface area (Å²) in [5.41, 5.74) is 4.07. The van der Waals surface area contributed by atoms with E-state index in [1.54, 1.807) is 19.3 Å². The molecule has 158 valence electrons. The van der Waals surface area contributed by atoms with E-state index < -0.39 is 9.84 Å². The predicted molar refractivity (Wildman–Crippen MR) is 119 cm³/mol. The summed E-state index contributed by atoms with van der Waals surface area (Å²) in [5.74, 6) is 0.678. The molecule has 1 heterocycles. The second kappa shape index (κ2) is 9.58. The van der Waals surface area contributed by atoms with Gasteiger partial charge in [-0.15, -0.1) is 0 Å². The Labute approximate surface area is 177 Å². The number of aryl methyl sites for hydroxylation is 1. The highest BCUT2D eigenvalue weighted by molar-refractivity contribution is 7.90. The standard InChI is InChI=1S/C22H27N5O2S/c1-17-12-19(8-9-21(17)30(3,28)29)15-25-22(23-2)24-14-18-6-4-7-20(13-18)16-27-11-5-10-26-27/h4-13H,14-16H2,1-3H3,(H2,23,24,25). The van der Waals surface area contributed by atoms with Crippen LogP contribution in [0.3, 0.4) is 0 Å². The van der Waals surface area contributed by atoms with Crippen LogP contribution in [0, 0.1) is 6.92 Å². The Balaban J connectivity index is 1.56. The number of hydrogen-bond donors (Lipinski definition) is 2. The molecule has 0 saturated heterocycles. The summed E-state index contributed by atoms with van der Waals surface area (Å²) < 4.78 is 25.4. The Morgan fingerprint density at radius 2 is 1.73 bits per heavy atom. The number of aromatic nitrogens is 2. The molecule has 0 bridgehead atoms. The predicted octanol–water partition coefficient (Wildman–Crippen LogP) is 2.51. The molecule has 3 aromatic rings. The Kier molecular flexibility index (Phi) is 6.89. The third-order valence-corrected chi connectivity index (χ3v) is 5.93. The minimum atomic E-state index is -3.21. The molecule has 7 nitrogen and oxygen atoms in total. The van der Waals surface area contributed by atoms with E-state index in [-0.39, 0.29) is 0 Å². The van der Waals surface area contributed by atoms with E-state index in [0.29, 0.717) is 23.9 Å². The van der Waals surface area contributed by atoms with E-state index in [1.165, 1.54) is 11.8 Å². The fourth-order valence-electron chi connectivity index (χ4n) is 3.25. The number of sulfone groups is 1. The van der Waals surface area contributed by atoms with Crippen LogP contribution in [-0.4, -0.2) is 37.5 Å². The molecule has 30 heavy (non-hydrogen) atoms. The zero-order valence-electron chi connectivity index (χ0n) is 17.5. The normalized spacial score (nSPS) is 12.0. The van der Waals surface area contributed by atoms with Gasteiger partial charge in [0.2, 0.25) is 0 Å². The number of rotatable bonds is 7. The van der Waals surface area contributed by atoms with Gasteiger partial charge in [-0.2, -0.15) is 5.10 Å². The van der Waals surface area contributed by atoms with Crippen LogP contribution in [0.5, 0.6) is 0 Å². The molecule has 0 aliphatic rings. The Hall–Kier alpha value is -3.13. The van der Waals surface area contributed by atoms with Gasteiger partial charge in [-0.1, -0.05) is 36.4 Å². The van der Waals surface area contributed by atoms with Crippen molar-refractivity contribution in [1.82, 2.24) is 20.4 Å². The molecule has 0 saturated carbocycles. The monoisotopic (exact) mass is 425 g/mol. The van der Waals surface area contributed by atoms with Crippen LogP contribution >= 0.6 is 0 Å². The van der Waals surface area contributed by atoms with E-state index in [4.69, 9.17) is 0 Å². The van der Waals surface area contributed by atoms with Gasteiger partial charge < -0.3 is 10.6 Å². The molecule has 8 heteroatoms. The van der Waals surface area contributed by atoms with E-state index in [1.807, 2.05) is 42.1 Å². The lowest BCUT2D eigenvalue weighted by Crippen LogP contribution is -2.36. The second-order valence-electron chi connectivity index (χ2n) is 7.17. The largest absolute Gasteiger partial charge is 0.352 e. The smallest absolute Gasteiger partial charge is 0.191 e.